The molecule has 2 fully saturated rings. The van der Waals surface area contributed by atoms with Crippen LogP contribution in [0.4, 0.5) is 0 Å². The van der Waals surface area contributed by atoms with Crippen molar-refractivity contribution in [2.24, 2.45) is 5.92 Å². The van der Waals surface area contributed by atoms with Crippen LogP contribution < -0.4 is 5.32 Å². The first-order valence-corrected chi connectivity index (χ1v) is 7.76. The summed E-state index contributed by atoms with van der Waals surface area (Å²) in [4.78, 5) is 15.2. The van der Waals surface area contributed by atoms with Gasteiger partial charge in [-0.25, -0.2) is 0 Å². The van der Waals surface area contributed by atoms with E-state index in [2.05, 4.69) is 17.3 Å². The maximum atomic E-state index is 13.2. The minimum Gasteiger partial charge on any atom is -0.341 e. The highest BCUT2D eigenvalue weighted by Crippen LogP contribution is 2.33. The van der Waals surface area contributed by atoms with Crippen molar-refractivity contribution < 1.29 is 4.79 Å². The first-order chi connectivity index (χ1) is 9.76. The quantitative estimate of drug-likeness (QED) is 0.880. The van der Waals surface area contributed by atoms with Gasteiger partial charge >= 0.3 is 0 Å². The number of hydrogen-bond donors (Lipinski definition) is 1. The lowest BCUT2D eigenvalue weighted by Gasteiger charge is -2.40. The molecule has 3 rings (SSSR count). The number of carbonyl (C=O) groups excluding carboxylic acids is 1. The molecule has 1 N–H and O–H groups in total. The molecule has 2 heterocycles. The third kappa shape index (κ3) is 2.46. The Kier molecular flexibility index (Phi) is 3.78. The molecule has 1 saturated heterocycles. The first-order valence-electron chi connectivity index (χ1n) is 7.76. The summed E-state index contributed by atoms with van der Waals surface area (Å²) in [6.07, 6.45) is 7.92. The predicted octanol–water partition coefficient (Wildman–Crippen LogP) is 1.22. The van der Waals surface area contributed by atoms with E-state index in [0.717, 1.165) is 44.9 Å². The van der Waals surface area contributed by atoms with Crippen LogP contribution in [0.5, 0.6) is 0 Å². The maximum absolute atomic E-state index is 13.2. The molecule has 20 heavy (non-hydrogen) atoms. The topological polar surface area (TPSA) is 50.2 Å². The van der Waals surface area contributed by atoms with Gasteiger partial charge in [0.15, 0.2) is 0 Å². The van der Waals surface area contributed by atoms with Crippen LogP contribution in [0.25, 0.3) is 0 Å². The van der Waals surface area contributed by atoms with E-state index in [1.54, 1.807) is 6.20 Å². The number of amides is 1. The molecular weight excluding hydrogens is 252 g/mol. The minimum atomic E-state index is -0.473. The highest BCUT2D eigenvalue weighted by molar-refractivity contribution is 5.84. The summed E-state index contributed by atoms with van der Waals surface area (Å²) in [7, 11) is 0. The van der Waals surface area contributed by atoms with Crippen molar-refractivity contribution in [2.45, 2.75) is 38.1 Å². The van der Waals surface area contributed by atoms with Crippen molar-refractivity contribution in [1.82, 2.24) is 20.0 Å². The zero-order valence-corrected chi connectivity index (χ0v) is 12.2. The highest BCUT2D eigenvalue weighted by Gasteiger charge is 2.44. The van der Waals surface area contributed by atoms with Crippen molar-refractivity contribution in [1.29, 1.82) is 0 Å². The van der Waals surface area contributed by atoms with Crippen LogP contribution in [0, 0.1) is 5.92 Å². The van der Waals surface area contributed by atoms with E-state index in [4.69, 9.17) is 0 Å². The molecule has 2 aliphatic rings. The van der Waals surface area contributed by atoms with Gasteiger partial charge in [-0.3, -0.25) is 9.48 Å². The molecule has 0 spiro atoms. The van der Waals surface area contributed by atoms with E-state index < -0.39 is 5.54 Å². The number of hydrogen-bond acceptors (Lipinski definition) is 3. The van der Waals surface area contributed by atoms with E-state index in [1.165, 1.54) is 12.8 Å². The van der Waals surface area contributed by atoms with E-state index in [1.807, 2.05) is 21.8 Å². The third-order valence-electron chi connectivity index (χ3n) is 4.62. The second-order valence-electron chi connectivity index (χ2n) is 6.02. The number of aromatic nitrogens is 2. The molecule has 0 radical (unpaired) electrons. The SMILES string of the molecule is CCN(CC1CC1)C(=O)C1(n2cccn2)CCNCC1. The summed E-state index contributed by atoms with van der Waals surface area (Å²) < 4.78 is 1.89. The smallest absolute Gasteiger partial charge is 0.250 e. The largest absolute Gasteiger partial charge is 0.341 e. The predicted molar refractivity (Wildman–Crippen MR) is 77.3 cm³/mol. The molecule has 0 bridgehead atoms. The minimum absolute atomic E-state index is 0.261. The van der Waals surface area contributed by atoms with E-state index in [0.29, 0.717) is 0 Å². The Bertz CT molecular complexity index is 446. The molecule has 5 nitrogen and oxygen atoms in total. The van der Waals surface area contributed by atoms with Crippen LogP contribution >= 0.6 is 0 Å². The fourth-order valence-corrected chi connectivity index (χ4v) is 3.17. The van der Waals surface area contributed by atoms with Gasteiger partial charge in [-0.2, -0.15) is 5.10 Å². The molecule has 110 valence electrons. The third-order valence-corrected chi connectivity index (χ3v) is 4.62. The maximum Gasteiger partial charge on any atom is 0.250 e. The molecule has 1 saturated carbocycles. The van der Waals surface area contributed by atoms with Crippen molar-refractivity contribution in [3.05, 3.63) is 18.5 Å². The lowest BCUT2D eigenvalue weighted by atomic mass is 9.86. The van der Waals surface area contributed by atoms with Crippen LogP contribution in [0.15, 0.2) is 18.5 Å². The summed E-state index contributed by atoms with van der Waals surface area (Å²) in [5.74, 6) is 0.993. The summed E-state index contributed by atoms with van der Waals surface area (Å²) in [5.41, 5.74) is -0.473. The van der Waals surface area contributed by atoms with Gasteiger partial charge in [-0.1, -0.05) is 0 Å². The van der Waals surface area contributed by atoms with Gasteiger partial charge in [0.2, 0.25) is 0 Å². The molecule has 1 aromatic rings. The number of piperidine rings is 1. The zero-order valence-electron chi connectivity index (χ0n) is 12.2. The van der Waals surface area contributed by atoms with Gasteiger partial charge in [0.05, 0.1) is 0 Å². The second-order valence-corrected chi connectivity index (χ2v) is 6.02. The molecule has 0 aromatic carbocycles. The van der Waals surface area contributed by atoms with Crippen LogP contribution in [0.1, 0.15) is 32.6 Å². The van der Waals surface area contributed by atoms with E-state index in [9.17, 15) is 4.79 Å². The molecule has 1 aliphatic heterocycles. The van der Waals surface area contributed by atoms with Gasteiger partial charge in [0.1, 0.15) is 5.54 Å². The van der Waals surface area contributed by atoms with Crippen molar-refractivity contribution in [3.63, 3.8) is 0 Å². The Balaban J connectivity index is 1.85. The average Bonchev–Trinajstić information content (AvgIpc) is 3.14. The summed E-state index contributed by atoms with van der Waals surface area (Å²) in [5, 5.41) is 7.74. The zero-order chi connectivity index (χ0) is 14.0. The summed E-state index contributed by atoms with van der Waals surface area (Å²) in [6, 6.07) is 1.91. The Hall–Kier alpha value is -1.36. The van der Waals surface area contributed by atoms with Crippen molar-refractivity contribution in [2.75, 3.05) is 26.2 Å². The van der Waals surface area contributed by atoms with Gasteiger partial charge < -0.3 is 10.2 Å². The molecular formula is C15H24N4O. The summed E-state index contributed by atoms with van der Waals surface area (Å²) >= 11 is 0. The lowest BCUT2D eigenvalue weighted by molar-refractivity contribution is -0.143. The Morgan fingerprint density at radius 1 is 1.45 bits per heavy atom. The molecule has 1 amide bonds. The number of carbonyl (C=O) groups is 1. The van der Waals surface area contributed by atoms with Gasteiger partial charge in [-0.15, -0.1) is 0 Å². The van der Waals surface area contributed by atoms with E-state index in [-0.39, 0.29) is 5.91 Å². The number of likely N-dealkylation sites (N-methyl/N-ethyl adjacent to an activating group) is 1. The molecule has 0 atom stereocenters. The Labute approximate surface area is 120 Å². The van der Waals surface area contributed by atoms with Gasteiger partial charge in [-0.05, 0) is 57.7 Å². The van der Waals surface area contributed by atoms with Crippen LogP contribution in [-0.4, -0.2) is 46.8 Å². The fourth-order valence-electron chi connectivity index (χ4n) is 3.17. The van der Waals surface area contributed by atoms with Crippen LogP contribution in [0.2, 0.25) is 0 Å². The van der Waals surface area contributed by atoms with Crippen LogP contribution in [0.3, 0.4) is 0 Å². The van der Waals surface area contributed by atoms with Crippen molar-refractivity contribution >= 4 is 5.91 Å². The standard InChI is InChI=1S/C15H24N4O/c1-2-18(12-13-4-5-13)14(20)15(6-9-16-10-7-15)19-11-3-8-17-19/h3,8,11,13,16H,2,4-7,9-10,12H2,1H3. The Morgan fingerprint density at radius 3 is 2.75 bits per heavy atom. The number of nitrogens with one attached hydrogen (secondary N) is 1. The van der Waals surface area contributed by atoms with Gasteiger partial charge in [0, 0.05) is 25.5 Å². The van der Waals surface area contributed by atoms with Crippen molar-refractivity contribution in [3.8, 4) is 0 Å². The Morgan fingerprint density at radius 2 is 2.20 bits per heavy atom. The second kappa shape index (κ2) is 5.56. The fraction of sp³-hybridized carbons (Fsp3) is 0.733. The highest BCUT2D eigenvalue weighted by atomic mass is 16.2. The normalized spacial score (nSPS) is 21.6. The molecule has 0 unspecified atom stereocenters. The lowest BCUT2D eigenvalue weighted by Crippen LogP contribution is -2.56. The van der Waals surface area contributed by atoms with E-state index >= 15 is 0 Å². The monoisotopic (exact) mass is 276 g/mol. The number of rotatable bonds is 5. The van der Waals surface area contributed by atoms with Gasteiger partial charge in [0.25, 0.3) is 5.91 Å². The number of nitrogens with zero attached hydrogens (tertiary/aromatic N) is 3. The average molecular weight is 276 g/mol. The summed E-state index contributed by atoms with van der Waals surface area (Å²) in [6.45, 7) is 5.56. The first kappa shape index (κ1) is 13.6. The molecule has 1 aromatic heterocycles. The molecule has 5 heteroatoms. The molecule has 1 aliphatic carbocycles. The van der Waals surface area contributed by atoms with Crippen LogP contribution in [-0.2, 0) is 10.3 Å².